The van der Waals surface area contributed by atoms with Gasteiger partial charge in [-0.05, 0) is 18.6 Å². The molecule has 2 N–H and O–H groups in total. The lowest BCUT2D eigenvalue weighted by Crippen LogP contribution is -2.43. The smallest absolute Gasteiger partial charge is 0.315 e. The molecule has 0 aliphatic heterocycles. The van der Waals surface area contributed by atoms with Gasteiger partial charge in [-0.25, -0.2) is 4.79 Å². The fraction of sp³-hybridized carbons (Fsp3) is 0.909. The number of urea groups is 1. The lowest BCUT2D eigenvalue weighted by Gasteiger charge is -2.22. The predicted octanol–water partition coefficient (Wildman–Crippen LogP) is 2.37. The Labute approximate surface area is 96.8 Å². The molecule has 1 rings (SSSR count). The van der Waals surface area contributed by atoms with Gasteiger partial charge in [0.25, 0.3) is 0 Å². The van der Waals surface area contributed by atoms with Gasteiger partial charge in [0.2, 0.25) is 0 Å². The number of rotatable bonds is 5. The van der Waals surface area contributed by atoms with Gasteiger partial charge in [-0.15, -0.1) is 0 Å². The molecule has 0 aromatic carbocycles. The number of carbonyl (C=O) groups excluding carboxylic acids is 1. The third-order valence-electron chi connectivity index (χ3n) is 2.68. The van der Waals surface area contributed by atoms with E-state index in [1.165, 1.54) is 19.3 Å². The number of amides is 2. The zero-order valence-electron chi connectivity index (χ0n) is 9.55. The van der Waals surface area contributed by atoms with Gasteiger partial charge < -0.3 is 10.6 Å². The number of thioether (sulfide) groups is 1. The van der Waals surface area contributed by atoms with Crippen LogP contribution in [0.15, 0.2) is 0 Å². The van der Waals surface area contributed by atoms with Gasteiger partial charge in [-0.2, -0.15) is 11.8 Å². The molecular formula is C11H22N2OS. The molecule has 0 saturated heterocycles. The van der Waals surface area contributed by atoms with Gasteiger partial charge in [0.1, 0.15) is 0 Å². The molecule has 0 bridgehead atoms. The minimum atomic E-state index is 0.0126. The van der Waals surface area contributed by atoms with Crippen LogP contribution in [0.1, 0.15) is 39.0 Å². The van der Waals surface area contributed by atoms with Crippen LogP contribution in [-0.4, -0.2) is 30.1 Å². The maximum absolute atomic E-state index is 11.4. The van der Waals surface area contributed by atoms with E-state index in [0.717, 1.165) is 30.9 Å². The lowest BCUT2D eigenvalue weighted by atomic mass is 9.96. The second-order valence-electron chi connectivity index (χ2n) is 3.93. The zero-order chi connectivity index (χ0) is 10.9. The minimum absolute atomic E-state index is 0.0126. The fourth-order valence-corrected chi connectivity index (χ4v) is 2.40. The van der Waals surface area contributed by atoms with Gasteiger partial charge >= 0.3 is 6.03 Å². The van der Waals surface area contributed by atoms with Crippen LogP contribution in [-0.2, 0) is 0 Å². The first-order valence-corrected chi connectivity index (χ1v) is 7.10. The highest BCUT2D eigenvalue weighted by Crippen LogP contribution is 2.16. The van der Waals surface area contributed by atoms with E-state index in [1.807, 2.05) is 11.8 Å². The van der Waals surface area contributed by atoms with Crippen molar-refractivity contribution in [1.29, 1.82) is 0 Å². The molecule has 0 aromatic heterocycles. The van der Waals surface area contributed by atoms with Crippen molar-refractivity contribution in [3.8, 4) is 0 Å². The number of hydrogen-bond acceptors (Lipinski definition) is 2. The molecular weight excluding hydrogens is 208 g/mol. The maximum atomic E-state index is 11.4. The Kier molecular flexibility index (Phi) is 6.64. The van der Waals surface area contributed by atoms with E-state index in [-0.39, 0.29) is 6.03 Å². The molecule has 15 heavy (non-hydrogen) atoms. The third kappa shape index (κ3) is 5.92. The molecule has 0 aromatic rings. The Balaban J connectivity index is 2.01. The first kappa shape index (κ1) is 12.7. The fourth-order valence-electron chi connectivity index (χ4n) is 1.86. The second kappa shape index (κ2) is 7.85. The molecule has 3 nitrogen and oxygen atoms in total. The van der Waals surface area contributed by atoms with E-state index in [2.05, 4.69) is 17.6 Å². The minimum Gasteiger partial charge on any atom is -0.337 e. The molecule has 1 aliphatic carbocycles. The summed E-state index contributed by atoms with van der Waals surface area (Å²) in [6.07, 6.45) is 6.15. The van der Waals surface area contributed by atoms with Crippen molar-refractivity contribution in [1.82, 2.24) is 10.6 Å². The summed E-state index contributed by atoms with van der Waals surface area (Å²) in [5.74, 6) is 2.13. The van der Waals surface area contributed by atoms with Crippen molar-refractivity contribution in [2.75, 3.05) is 18.1 Å². The molecule has 0 radical (unpaired) electrons. The SMILES string of the molecule is CCSCCNC(=O)NC1CCCCC1. The summed E-state index contributed by atoms with van der Waals surface area (Å²) in [7, 11) is 0. The van der Waals surface area contributed by atoms with Crippen molar-refractivity contribution in [3.05, 3.63) is 0 Å². The molecule has 1 saturated carbocycles. The second-order valence-corrected chi connectivity index (χ2v) is 5.33. The van der Waals surface area contributed by atoms with Crippen molar-refractivity contribution in [2.24, 2.45) is 0 Å². The Morgan fingerprint density at radius 2 is 2.07 bits per heavy atom. The average Bonchev–Trinajstić information content (AvgIpc) is 2.26. The number of hydrogen-bond donors (Lipinski definition) is 2. The number of nitrogens with one attached hydrogen (secondary N) is 2. The Morgan fingerprint density at radius 3 is 2.73 bits per heavy atom. The van der Waals surface area contributed by atoms with Gasteiger partial charge in [0, 0.05) is 18.3 Å². The number of carbonyl (C=O) groups is 1. The van der Waals surface area contributed by atoms with E-state index in [1.54, 1.807) is 0 Å². The lowest BCUT2D eigenvalue weighted by molar-refractivity contribution is 0.233. The highest BCUT2D eigenvalue weighted by molar-refractivity contribution is 7.99. The average molecular weight is 230 g/mol. The van der Waals surface area contributed by atoms with E-state index in [4.69, 9.17) is 0 Å². The van der Waals surface area contributed by atoms with E-state index in [0.29, 0.717) is 6.04 Å². The largest absolute Gasteiger partial charge is 0.337 e. The van der Waals surface area contributed by atoms with Crippen LogP contribution in [0.5, 0.6) is 0 Å². The summed E-state index contributed by atoms with van der Waals surface area (Å²) in [4.78, 5) is 11.4. The monoisotopic (exact) mass is 230 g/mol. The summed E-state index contributed by atoms with van der Waals surface area (Å²) >= 11 is 1.85. The predicted molar refractivity (Wildman–Crippen MR) is 66.4 cm³/mol. The standard InChI is InChI=1S/C11H22N2OS/c1-2-15-9-8-12-11(14)13-10-6-4-3-5-7-10/h10H,2-9H2,1H3,(H2,12,13,14). The topological polar surface area (TPSA) is 41.1 Å². The highest BCUT2D eigenvalue weighted by Gasteiger charge is 2.14. The van der Waals surface area contributed by atoms with Crippen LogP contribution >= 0.6 is 11.8 Å². The van der Waals surface area contributed by atoms with Gasteiger partial charge in [0.15, 0.2) is 0 Å². The van der Waals surface area contributed by atoms with Crippen molar-refractivity contribution >= 4 is 17.8 Å². The quantitative estimate of drug-likeness (QED) is 0.712. The maximum Gasteiger partial charge on any atom is 0.315 e. The van der Waals surface area contributed by atoms with Gasteiger partial charge in [-0.1, -0.05) is 26.2 Å². The normalized spacial score (nSPS) is 17.4. The van der Waals surface area contributed by atoms with E-state index < -0.39 is 0 Å². The van der Waals surface area contributed by atoms with E-state index >= 15 is 0 Å². The summed E-state index contributed by atoms with van der Waals surface area (Å²) in [5.41, 5.74) is 0. The van der Waals surface area contributed by atoms with Crippen molar-refractivity contribution in [2.45, 2.75) is 45.1 Å². The van der Waals surface area contributed by atoms with E-state index in [9.17, 15) is 4.79 Å². The van der Waals surface area contributed by atoms with Crippen LogP contribution in [0, 0.1) is 0 Å². The summed E-state index contributed by atoms with van der Waals surface area (Å²) in [5, 5.41) is 5.93. The van der Waals surface area contributed by atoms with Crippen LogP contribution in [0.2, 0.25) is 0 Å². The highest BCUT2D eigenvalue weighted by atomic mass is 32.2. The van der Waals surface area contributed by atoms with Gasteiger partial charge in [0.05, 0.1) is 0 Å². The molecule has 0 spiro atoms. The molecule has 4 heteroatoms. The molecule has 0 atom stereocenters. The summed E-state index contributed by atoms with van der Waals surface area (Å²) in [6, 6.07) is 0.427. The van der Waals surface area contributed by atoms with Crippen LogP contribution in [0.25, 0.3) is 0 Å². The zero-order valence-corrected chi connectivity index (χ0v) is 10.4. The van der Waals surface area contributed by atoms with Crippen LogP contribution < -0.4 is 10.6 Å². The molecule has 0 unspecified atom stereocenters. The first-order valence-electron chi connectivity index (χ1n) is 5.95. The van der Waals surface area contributed by atoms with Crippen molar-refractivity contribution in [3.63, 3.8) is 0 Å². The summed E-state index contributed by atoms with van der Waals surface area (Å²) < 4.78 is 0. The first-order chi connectivity index (χ1) is 7.33. The Bertz CT molecular complexity index is 181. The Hall–Kier alpha value is -0.380. The van der Waals surface area contributed by atoms with Crippen LogP contribution in [0.3, 0.4) is 0 Å². The Morgan fingerprint density at radius 1 is 1.33 bits per heavy atom. The molecule has 1 fully saturated rings. The molecule has 1 aliphatic rings. The summed E-state index contributed by atoms with van der Waals surface area (Å²) in [6.45, 7) is 2.91. The molecule has 2 amide bonds. The third-order valence-corrected chi connectivity index (χ3v) is 3.58. The van der Waals surface area contributed by atoms with Crippen LogP contribution in [0.4, 0.5) is 4.79 Å². The molecule has 0 heterocycles. The van der Waals surface area contributed by atoms with Crippen molar-refractivity contribution < 1.29 is 4.79 Å². The molecule has 88 valence electrons. The van der Waals surface area contributed by atoms with Gasteiger partial charge in [-0.3, -0.25) is 0 Å².